The minimum Gasteiger partial charge on any atom is -0.388 e. The standard InChI is InChI=1S/C13H22N4O2.C8H11N/c1-9(2)4-12(16(3)15)13(19)17-7-10(8-18)5-11(17)6-14;1-7-3-5-8(9-2)6-4-7/h8-12H,4-5,7,15H2,1-3H3;3-6,9H,1-2H3. The van der Waals surface area contributed by atoms with Gasteiger partial charge in [0, 0.05) is 32.2 Å². The van der Waals surface area contributed by atoms with Crippen molar-refractivity contribution in [3.63, 3.8) is 0 Å². The summed E-state index contributed by atoms with van der Waals surface area (Å²) >= 11 is 0. The number of nitriles is 1. The fourth-order valence-electron chi connectivity index (χ4n) is 3.13. The molecule has 1 aromatic rings. The molecule has 154 valence electrons. The van der Waals surface area contributed by atoms with Crippen molar-refractivity contribution in [3.8, 4) is 6.07 Å². The van der Waals surface area contributed by atoms with E-state index in [4.69, 9.17) is 11.1 Å². The molecule has 1 heterocycles. The normalized spacial score (nSPS) is 19.6. The summed E-state index contributed by atoms with van der Waals surface area (Å²) < 4.78 is 0. The second kappa shape index (κ2) is 11.4. The Kier molecular flexibility index (Phi) is 9.63. The van der Waals surface area contributed by atoms with Gasteiger partial charge in [-0.3, -0.25) is 10.6 Å². The maximum absolute atomic E-state index is 12.5. The molecule has 7 heteroatoms. The number of nitrogens with zero attached hydrogens (tertiary/aromatic N) is 3. The Morgan fingerprint density at radius 3 is 2.46 bits per heavy atom. The van der Waals surface area contributed by atoms with Gasteiger partial charge in [-0.2, -0.15) is 5.26 Å². The number of hydrazine groups is 1. The van der Waals surface area contributed by atoms with Gasteiger partial charge in [0.2, 0.25) is 5.91 Å². The zero-order valence-electron chi connectivity index (χ0n) is 17.6. The molecule has 1 fully saturated rings. The number of nitrogens with two attached hydrogens (primary N) is 1. The second-order valence-electron chi connectivity index (χ2n) is 7.69. The minimum absolute atomic E-state index is 0.158. The second-order valence-corrected chi connectivity index (χ2v) is 7.69. The van der Waals surface area contributed by atoms with Gasteiger partial charge in [-0.15, -0.1) is 0 Å². The summed E-state index contributed by atoms with van der Waals surface area (Å²) in [5.41, 5.74) is 2.47. The molecule has 1 aliphatic rings. The van der Waals surface area contributed by atoms with Crippen molar-refractivity contribution in [1.29, 1.82) is 5.26 Å². The van der Waals surface area contributed by atoms with Crippen LogP contribution in [-0.2, 0) is 9.59 Å². The smallest absolute Gasteiger partial charge is 0.242 e. The van der Waals surface area contributed by atoms with Crippen molar-refractivity contribution >= 4 is 17.9 Å². The van der Waals surface area contributed by atoms with Crippen molar-refractivity contribution in [2.45, 2.75) is 45.7 Å². The third kappa shape index (κ3) is 6.95. The Bertz CT molecular complexity index is 666. The molecule has 1 aromatic carbocycles. The van der Waals surface area contributed by atoms with Crippen molar-refractivity contribution < 1.29 is 9.59 Å². The highest BCUT2D eigenvalue weighted by molar-refractivity contribution is 5.83. The number of aldehydes is 1. The molecule has 7 nitrogen and oxygen atoms in total. The number of hydrogen-bond donors (Lipinski definition) is 2. The van der Waals surface area contributed by atoms with E-state index in [-0.39, 0.29) is 11.8 Å². The van der Waals surface area contributed by atoms with Gasteiger partial charge in [0.1, 0.15) is 18.4 Å². The lowest BCUT2D eigenvalue weighted by Gasteiger charge is -2.30. The minimum atomic E-state index is -0.516. The Morgan fingerprint density at radius 1 is 1.43 bits per heavy atom. The first-order valence-electron chi connectivity index (χ1n) is 9.60. The molecule has 2 rings (SSSR count). The molecule has 0 spiro atoms. The highest BCUT2D eigenvalue weighted by Gasteiger charge is 2.38. The summed E-state index contributed by atoms with van der Waals surface area (Å²) in [5.74, 6) is 5.67. The van der Waals surface area contributed by atoms with E-state index in [0.717, 1.165) is 6.29 Å². The van der Waals surface area contributed by atoms with Crippen LogP contribution in [0.25, 0.3) is 0 Å². The van der Waals surface area contributed by atoms with Crippen LogP contribution in [0.4, 0.5) is 5.69 Å². The van der Waals surface area contributed by atoms with Crippen molar-refractivity contribution in [3.05, 3.63) is 29.8 Å². The van der Waals surface area contributed by atoms with Gasteiger partial charge in [0.15, 0.2) is 0 Å². The fourth-order valence-corrected chi connectivity index (χ4v) is 3.13. The number of benzene rings is 1. The predicted octanol–water partition coefficient (Wildman–Crippen LogP) is 2.18. The zero-order chi connectivity index (χ0) is 21.3. The summed E-state index contributed by atoms with van der Waals surface area (Å²) in [6.45, 7) is 6.44. The molecular weight excluding hydrogens is 354 g/mol. The van der Waals surface area contributed by atoms with Gasteiger partial charge in [0.05, 0.1) is 6.07 Å². The first kappa shape index (κ1) is 23.6. The molecule has 1 aliphatic heterocycles. The van der Waals surface area contributed by atoms with Crippen molar-refractivity contribution in [1.82, 2.24) is 9.91 Å². The topological polar surface area (TPSA) is 102 Å². The third-order valence-electron chi connectivity index (χ3n) is 4.77. The van der Waals surface area contributed by atoms with Crippen LogP contribution in [0, 0.1) is 30.1 Å². The number of likely N-dealkylation sites (N-methyl/N-ethyl adjacent to an activating group) is 1. The molecule has 3 unspecified atom stereocenters. The Balaban J connectivity index is 0.000000362. The molecule has 1 amide bonds. The summed E-state index contributed by atoms with van der Waals surface area (Å²) in [7, 11) is 3.57. The van der Waals surface area contributed by atoms with Crippen LogP contribution in [0.1, 0.15) is 32.3 Å². The number of aryl methyl sites for hydroxylation is 1. The average molecular weight is 388 g/mol. The molecule has 3 N–H and O–H groups in total. The molecule has 0 aromatic heterocycles. The zero-order valence-corrected chi connectivity index (χ0v) is 17.6. The first-order chi connectivity index (χ1) is 13.2. The number of carbonyl (C=O) groups excluding carboxylic acids is 2. The van der Waals surface area contributed by atoms with Crippen LogP contribution >= 0.6 is 0 Å². The van der Waals surface area contributed by atoms with Gasteiger partial charge in [0.25, 0.3) is 0 Å². The van der Waals surface area contributed by atoms with E-state index >= 15 is 0 Å². The molecule has 0 bridgehead atoms. The number of amides is 1. The molecule has 28 heavy (non-hydrogen) atoms. The van der Waals surface area contributed by atoms with Crippen LogP contribution < -0.4 is 11.2 Å². The van der Waals surface area contributed by atoms with E-state index in [9.17, 15) is 9.59 Å². The van der Waals surface area contributed by atoms with Gasteiger partial charge in [-0.25, -0.2) is 5.01 Å². The van der Waals surface area contributed by atoms with Crippen LogP contribution in [-0.4, -0.2) is 54.8 Å². The molecule has 1 saturated heterocycles. The quantitative estimate of drug-likeness (QED) is 0.441. The number of carbonyl (C=O) groups is 2. The number of anilines is 1. The first-order valence-corrected chi connectivity index (χ1v) is 9.60. The van der Waals surface area contributed by atoms with Crippen LogP contribution in [0.3, 0.4) is 0 Å². The van der Waals surface area contributed by atoms with Crippen LogP contribution in [0.15, 0.2) is 24.3 Å². The largest absolute Gasteiger partial charge is 0.388 e. The monoisotopic (exact) mass is 387 g/mol. The van der Waals surface area contributed by atoms with Gasteiger partial charge >= 0.3 is 0 Å². The lowest BCUT2D eigenvalue weighted by Crippen LogP contribution is -2.51. The number of nitrogens with one attached hydrogen (secondary N) is 1. The van der Waals surface area contributed by atoms with E-state index in [0.29, 0.717) is 25.3 Å². The maximum atomic E-state index is 12.5. The van der Waals surface area contributed by atoms with Gasteiger partial charge in [-0.05, 0) is 37.8 Å². The third-order valence-corrected chi connectivity index (χ3v) is 4.77. The summed E-state index contributed by atoms with van der Waals surface area (Å²) in [5, 5.41) is 13.5. The lowest BCUT2D eigenvalue weighted by atomic mass is 10.0. The van der Waals surface area contributed by atoms with Crippen LogP contribution in [0.2, 0.25) is 0 Å². The fraction of sp³-hybridized carbons (Fsp3) is 0.571. The van der Waals surface area contributed by atoms with E-state index in [1.54, 1.807) is 7.05 Å². The van der Waals surface area contributed by atoms with E-state index in [2.05, 4.69) is 42.6 Å². The van der Waals surface area contributed by atoms with Crippen molar-refractivity contribution in [2.24, 2.45) is 17.7 Å². The Morgan fingerprint density at radius 2 is 2.04 bits per heavy atom. The molecule has 3 atom stereocenters. The number of rotatable bonds is 6. The maximum Gasteiger partial charge on any atom is 0.242 e. The summed E-state index contributed by atoms with van der Waals surface area (Å²) in [6.07, 6.45) is 1.88. The molecule has 0 saturated carbocycles. The SMILES string of the molecule is CC(C)CC(C(=O)N1CC(C=O)CC1C#N)N(C)N.CNc1ccc(C)cc1. The molecular formula is C21H33N5O2. The molecule has 0 aliphatic carbocycles. The molecule has 0 radical (unpaired) electrons. The number of hydrogen-bond acceptors (Lipinski definition) is 6. The Labute approximate surface area is 168 Å². The van der Waals surface area contributed by atoms with E-state index in [1.165, 1.54) is 21.2 Å². The van der Waals surface area contributed by atoms with E-state index in [1.807, 2.05) is 20.9 Å². The highest BCUT2D eigenvalue weighted by Crippen LogP contribution is 2.24. The Hall–Kier alpha value is -2.43. The lowest BCUT2D eigenvalue weighted by molar-refractivity contribution is -0.137. The summed E-state index contributed by atoms with van der Waals surface area (Å²) in [4.78, 5) is 24.8. The van der Waals surface area contributed by atoms with Crippen LogP contribution in [0.5, 0.6) is 0 Å². The number of likely N-dealkylation sites (tertiary alicyclic amines) is 1. The predicted molar refractivity (Wildman–Crippen MR) is 111 cm³/mol. The van der Waals surface area contributed by atoms with E-state index < -0.39 is 12.1 Å². The summed E-state index contributed by atoms with van der Waals surface area (Å²) in [6, 6.07) is 9.44. The highest BCUT2D eigenvalue weighted by atomic mass is 16.2. The van der Waals surface area contributed by atoms with Gasteiger partial charge in [-0.1, -0.05) is 31.5 Å². The average Bonchev–Trinajstić information content (AvgIpc) is 3.10. The van der Waals surface area contributed by atoms with Gasteiger partial charge < -0.3 is 15.0 Å². The van der Waals surface area contributed by atoms with Crippen molar-refractivity contribution in [2.75, 3.05) is 26.0 Å².